The van der Waals surface area contributed by atoms with Crippen LogP contribution in [0.25, 0.3) is 0 Å². The van der Waals surface area contributed by atoms with Gasteiger partial charge in [0.1, 0.15) is 0 Å². The molecule has 56 valence electrons. The summed E-state index contributed by atoms with van der Waals surface area (Å²) in [5.74, 6) is 0. The van der Waals surface area contributed by atoms with Gasteiger partial charge in [0.2, 0.25) is 0 Å². The van der Waals surface area contributed by atoms with Crippen LogP contribution in [0.1, 0.15) is 5.56 Å². The largest absolute Gasteiger partial charge is 0.505 e. The van der Waals surface area contributed by atoms with E-state index in [-0.39, 0.29) is 0 Å². The van der Waals surface area contributed by atoms with Crippen molar-refractivity contribution < 1.29 is 0 Å². The van der Waals surface area contributed by atoms with Crippen molar-refractivity contribution in [2.45, 2.75) is 4.55 Å². The van der Waals surface area contributed by atoms with Gasteiger partial charge in [-0.25, -0.2) is 0 Å². The fourth-order valence-electron chi connectivity index (χ4n) is 0.804. The molecule has 0 aliphatic heterocycles. The molecule has 4 heteroatoms. The number of benzene rings is 1. The molecule has 0 aliphatic rings. The summed E-state index contributed by atoms with van der Waals surface area (Å²) < 4.78 is 0.971. The standard InChI is InChI=1S/C7H5Cl2.ClH.Mg/c1-5-2-3-6(8)7(9)4-5;;/h2-4H,1H2;1H;/q;;+1/p-1. The predicted molar refractivity (Wildman–Crippen MR) is 51.8 cm³/mol. The van der Waals surface area contributed by atoms with Crippen LogP contribution in [0.15, 0.2) is 18.2 Å². The molecule has 0 fully saturated rings. The van der Waals surface area contributed by atoms with Crippen LogP contribution in [0.3, 0.4) is 0 Å². The Kier molecular flexibility index (Phi) is 4.32. The quantitative estimate of drug-likeness (QED) is 0.670. The summed E-state index contributed by atoms with van der Waals surface area (Å²) in [5, 5.41) is 1.22. The Labute approximate surface area is 89.3 Å². The normalized spacial score (nSPS) is 9.36. The summed E-state index contributed by atoms with van der Waals surface area (Å²) in [6.07, 6.45) is 0. The molecule has 0 heterocycles. The zero-order valence-corrected chi connectivity index (χ0v) is 9.46. The molecule has 1 rings (SSSR count). The van der Waals surface area contributed by atoms with Crippen LogP contribution in [-0.2, 0) is 4.55 Å². The first-order valence-electron chi connectivity index (χ1n) is 3.24. The van der Waals surface area contributed by atoms with Crippen LogP contribution < -0.4 is 0 Å². The number of rotatable bonds is 2. The van der Waals surface area contributed by atoms with Gasteiger partial charge >= 0.3 is 19.3 Å². The first kappa shape index (κ1) is 9.94. The second kappa shape index (κ2) is 4.78. The fraction of sp³-hybridized carbons (Fsp3) is 0.143. The SMILES string of the molecule is [Cl][Mg][CH2]c1ccc(Cl)c(Cl)c1. The lowest BCUT2D eigenvalue weighted by atomic mass is 10.2. The molecule has 0 radical (unpaired) electrons. The van der Waals surface area contributed by atoms with Gasteiger partial charge in [0, 0.05) is 0 Å². The smallest absolute Gasteiger partial charge is 0.345 e. The van der Waals surface area contributed by atoms with E-state index >= 15 is 0 Å². The third kappa shape index (κ3) is 3.00. The monoisotopic (exact) mass is 218 g/mol. The van der Waals surface area contributed by atoms with E-state index in [0.717, 1.165) is 4.55 Å². The minimum absolute atomic E-state index is 0.442. The van der Waals surface area contributed by atoms with Crippen LogP contribution in [-0.4, -0.2) is 19.3 Å². The molecule has 1 aromatic rings. The van der Waals surface area contributed by atoms with Crippen LogP contribution in [0.4, 0.5) is 0 Å². The first-order chi connectivity index (χ1) is 5.24. The van der Waals surface area contributed by atoms with Gasteiger partial charge in [-0.2, -0.15) is 0 Å². The van der Waals surface area contributed by atoms with E-state index in [9.17, 15) is 0 Å². The summed E-state index contributed by atoms with van der Waals surface area (Å²) in [6.45, 7) is 0. The molecule has 0 bridgehead atoms. The topological polar surface area (TPSA) is 0 Å². The predicted octanol–water partition coefficient (Wildman–Crippen LogP) is 3.35. The van der Waals surface area contributed by atoms with E-state index in [2.05, 4.69) is 0 Å². The second-order valence-electron chi connectivity index (χ2n) is 2.19. The Morgan fingerprint density at radius 1 is 1.18 bits per heavy atom. The molecule has 0 atom stereocenters. The average molecular weight is 220 g/mol. The molecule has 0 nitrogen and oxygen atoms in total. The zero-order valence-electron chi connectivity index (χ0n) is 5.78. The maximum atomic E-state index is 5.79. The van der Waals surface area contributed by atoms with Crippen molar-refractivity contribution in [3.05, 3.63) is 33.8 Å². The maximum Gasteiger partial charge on any atom is 0.505 e. The average Bonchev–Trinajstić information content (AvgIpc) is 1.98. The van der Waals surface area contributed by atoms with Gasteiger partial charge < -0.3 is 9.07 Å². The van der Waals surface area contributed by atoms with Crippen molar-refractivity contribution in [2.75, 3.05) is 0 Å². The fourth-order valence-corrected chi connectivity index (χ4v) is 2.31. The van der Waals surface area contributed by atoms with Crippen LogP contribution in [0.5, 0.6) is 0 Å². The van der Waals surface area contributed by atoms with Crippen molar-refractivity contribution in [3.8, 4) is 0 Å². The minimum Gasteiger partial charge on any atom is -0.345 e. The number of halogens is 3. The Balaban J connectivity index is 2.86. The highest BCUT2D eigenvalue weighted by Gasteiger charge is 1.99. The highest BCUT2D eigenvalue weighted by atomic mass is 35.5. The van der Waals surface area contributed by atoms with Crippen molar-refractivity contribution >= 4 is 51.5 Å². The summed E-state index contributed by atoms with van der Waals surface area (Å²) in [6, 6.07) is 5.64. The van der Waals surface area contributed by atoms with Gasteiger partial charge in [-0.3, -0.25) is 0 Å². The Hall–Kier alpha value is 0.856. The molecule has 0 amide bonds. The van der Waals surface area contributed by atoms with Crippen LogP contribution in [0, 0.1) is 0 Å². The molecule has 0 saturated heterocycles. The Morgan fingerprint density at radius 2 is 1.91 bits per heavy atom. The van der Waals surface area contributed by atoms with E-state index in [1.165, 1.54) is 5.56 Å². The van der Waals surface area contributed by atoms with Gasteiger partial charge in [-0.1, -0.05) is 39.4 Å². The van der Waals surface area contributed by atoms with E-state index < -0.39 is 19.3 Å². The summed E-state index contributed by atoms with van der Waals surface area (Å²) in [5.41, 5.74) is 1.18. The molecular formula is C7H5Cl3Mg. The molecule has 11 heavy (non-hydrogen) atoms. The van der Waals surface area contributed by atoms with Crippen molar-refractivity contribution in [3.63, 3.8) is 0 Å². The Morgan fingerprint density at radius 3 is 2.45 bits per heavy atom. The summed E-state index contributed by atoms with van der Waals surface area (Å²) in [7, 11) is 5.69. The van der Waals surface area contributed by atoms with Crippen molar-refractivity contribution in [2.24, 2.45) is 0 Å². The highest BCUT2D eigenvalue weighted by molar-refractivity contribution is 6.93. The zero-order chi connectivity index (χ0) is 8.27. The molecule has 0 aromatic heterocycles. The van der Waals surface area contributed by atoms with E-state index in [1.54, 1.807) is 6.07 Å². The molecule has 0 saturated carbocycles. The highest BCUT2D eigenvalue weighted by Crippen LogP contribution is 2.22. The minimum atomic E-state index is -0.442. The number of hydrogen-bond donors (Lipinski definition) is 0. The van der Waals surface area contributed by atoms with Gasteiger partial charge in [-0.05, 0) is 12.1 Å². The lowest BCUT2D eigenvalue weighted by Crippen LogP contribution is -1.88. The van der Waals surface area contributed by atoms with Crippen LogP contribution >= 0.6 is 32.3 Å². The van der Waals surface area contributed by atoms with Gasteiger partial charge in [0.05, 0.1) is 10.0 Å². The van der Waals surface area contributed by atoms with Gasteiger partial charge in [0.15, 0.2) is 0 Å². The van der Waals surface area contributed by atoms with Gasteiger partial charge in [0.25, 0.3) is 0 Å². The summed E-state index contributed by atoms with van der Waals surface area (Å²) in [4.78, 5) is 0. The lowest BCUT2D eigenvalue weighted by Gasteiger charge is -1.99. The van der Waals surface area contributed by atoms with Crippen molar-refractivity contribution in [1.29, 1.82) is 0 Å². The lowest BCUT2D eigenvalue weighted by molar-refractivity contribution is 1.40. The third-order valence-corrected chi connectivity index (χ3v) is 3.44. The van der Waals surface area contributed by atoms with E-state index in [0.29, 0.717) is 10.0 Å². The van der Waals surface area contributed by atoms with Gasteiger partial charge in [-0.15, -0.1) is 0 Å². The van der Waals surface area contributed by atoms with E-state index in [4.69, 9.17) is 32.3 Å². The van der Waals surface area contributed by atoms with E-state index in [1.807, 2.05) is 12.1 Å². The number of hydrogen-bond acceptors (Lipinski definition) is 0. The molecule has 0 spiro atoms. The maximum absolute atomic E-state index is 5.79. The molecule has 0 aliphatic carbocycles. The molecule has 0 unspecified atom stereocenters. The third-order valence-electron chi connectivity index (χ3n) is 1.37. The molecule has 0 N–H and O–H groups in total. The molecule has 1 aromatic carbocycles. The molecular weight excluding hydrogens is 215 g/mol. The van der Waals surface area contributed by atoms with Crippen molar-refractivity contribution in [1.82, 2.24) is 0 Å². The summed E-state index contributed by atoms with van der Waals surface area (Å²) >= 11 is 11.1. The first-order valence-corrected chi connectivity index (χ1v) is 7.13. The Bertz CT molecular complexity index is 249. The second-order valence-corrected chi connectivity index (χ2v) is 5.01. The van der Waals surface area contributed by atoms with Crippen LogP contribution in [0.2, 0.25) is 10.0 Å².